The molecule has 45 heavy (non-hydrogen) atoms. The first kappa shape index (κ1) is 10.7. The Morgan fingerprint density at radius 3 is 1.56 bits per heavy atom. The summed E-state index contributed by atoms with van der Waals surface area (Å²) < 4.78 is 232. The highest BCUT2D eigenvalue weighted by Gasteiger charge is 2.43. The van der Waals surface area contributed by atoms with Crippen molar-refractivity contribution in [3.63, 3.8) is 0 Å². The zero-order chi connectivity index (χ0) is 52.4. The molecule has 0 N–H and O–H groups in total. The van der Waals surface area contributed by atoms with Crippen LogP contribution >= 0.6 is 0 Å². The fourth-order valence-corrected chi connectivity index (χ4v) is 5.64. The number of hydrogen-bond acceptors (Lipinski definition) is 2. The van der Waals surface area contributed by atoms with E-state index in [9.17, 15) is 12.3 Å². The molecule has 0 bridgehead atoms. The van der Waals surface area contributed by atoms with Crippen LogP contribution in [-0.2, 0) is 0 Å². The average Bonchev–Trinajstić information content (AvgIpc) is 3.35. The van der Waals surface area contributed by atoms with Gasteiger partial charge >= 0.3 is 0 Å². The van der Waals surface area contributed by atoms with E-state index in [2.05, 4.69) is 0 Å². The van der Waals surface area contributed by atoms with E-state index in [-0.39, 0.29) is 16.8 Å². The van der Waals surface area contributed by atoms with Gasteiger partial charge in [-0.25, -0.2) is 0 Å². The van der Waals surface area contributed by atoms with Crippen LogP contribution in [-0.4, -0.2) is 6.71 Å². The van der Waals surface area contributed by atoms with E-state index in [1.165, 1.54) is 18.2 Å². The molecule has 0 saturated carbocycles. The fourth-order valence-electron chi connectivity index (χ4n) is 5.64. The van der Waals surface area contributed by atoms with Gasteiger partial charge < -0.3 is 9.80 Å². The molecule has 2 nitrogen and oxygen atoms in total. The Labute approximate surface area is 301 Å². The summed E-state index contributed by atoms with van der Waals surface area (Å²) in [7, 11) is 0. The third-order valence-corrected chi connectivity index (χ3v) is 7.42. The lowest BCUT2D eigenvalue weighted by molar-refractivity contribution is 1.25. The molecule has 2 aliphatic rings. The fraction of sp³-hybridized carbons (Fsp3) is 0. The number of anilines is 6. The maximum atomic E-state index is 10.0. The highest BCUT2D eigenvalue weighted by molar-refractivity contribution is 7.00. The van der Waals surface area contributed by atoms with Crippen molar-refractivity contribution in [2.45, 2.75) is 0 Å². The smallest absolute Gasteiger partial charge is 0.252 e. The highest BCUT2D eigenvalue weighted by atomic mass is 15.2. The van der Waals surface area contributed by atoms with Crippen LogP contribution in [0.25, 0.3) is 22.3 Å². The van der Waals surface area contributed by atoms with Crippen molar-refractivity contribution < 1.29 is 35.6 Å². The van der Waals surface area contributed by atoms with Crippen molar-refractivity contribution in [1.29, 1.82) is 0 Å². The summed E-state index contributed by atoms with van der Waals surface area (Å²) in [5, 5.41) is 0. The molecule has 7 aromatic carbocycles. The summed E-state index contributed by atoms with van der Waals surface area (Å²) >= 11 is 0. The first-order valence-corrected chi connectivity index (χ1v) is 13.5. The van der Waals surface area contributed by atoms with Gasteiger partial charge in [0.2, 0.25) is 0 Å². The van der Waals surface area contributed by atoms with E-state index in [1.807, 2.05) is 0 Å². The third kappa shape index (κ3) is 4.12. The van der Waals surface area contributed by atoms with E-state index < -0.39 is 220 Å². The predicted octanol–water partition coefficient (Wildman–Crippen LogP) is 9.10. The Balaban J connectivity index is 1.52. The van der Waals surface area contributed by atoms with Crippen LogP contribution in [0.4, 0.5) is 34.1 Å². The Morgan fingerprint density at radius 1 is 0.400 bits per heavy atom. The van der Waals surface area contributed by atoms with Gasteiger partial charge in [0.1, 0.15) is 0 Å². The molecule has 2 heterocycles. The lowest BCUT2D eigenvalue weighted by Gasteiger charge is -2.44. The number of para-hydroxylation sites is 2. The van der Waals surface area contributed by atoms with Gasteiger partial charge in [-0.2, -0.15) is 0 Å². The second-order valence-corrected chi connectivity index (χ2v) is 9.79. The Kier molecular flexibility index (Phi) is 2.48. The normalized spacial score (nSPS) is 20.8. The van der Waals surface area contributed by atoms with Gasteiger partial charge in [-0.3, -0.25) is 0 Å². The minimum atomic E-state index is -1.73. The van der Waals surface area contributed by atoms with Crippen LogP contribution in [0.1, 0.15) is 35.6 Å². The molecule has 0 saturated heterocycles. The van der Waals surface area contributed by atoms with Gasteiger partial charge in [-0.15, -0.1) is 0 Å². The van der Waals surface area contributed by atoms with Crippen molar-refractivity contribution in [1.82, 2.24) is 0 Å². The number of rotatable bonds is 4. The monoisotopic (exact) mass is 598 g/mol. The molecular weight excluding hydrogens is 543 g/mol. The van der Waals surface area contributed by atoms with Crippen LogP contribution in [0.5, 0.6) is 0 Å². The quantitative estimate of drug-likeness (QED) is 0.187. The van der Waals surface area contributed by atoms with Crippen LogP contribution < -0.4 is 26.2 Å². The largest absolute Gasteiger partial charge is 0.311 e. The molecule has 2 aliphatic heterocycles. The van der Waals surface area contributed by atoms with Crippen LogP contribution in [0.2, 0.25) is 0 Å². The summed E-state index contributed by atoms with van der Waals surface area (Å²) in [4.78, 5) is 1.93. The Morgan fingerprint density at radius 2 is 0.889 bits per heavy atom. The molecule has 210 valence electrons. The first-order chi connectivity index (χ1) is 33.2. The molecule has 9 rings (SSSR count). The van der Waals surface area contributed by atoms with Crippen LogP contribution in [0.15, 0.2) is 175 Å². The first-order valence-electron chi connectivity index (χ1n) is 26.5. The highest BCUT2D eigenvalue weighted by Crippen LogP contribution is 2.44. The van der Waals surface area contributed by atoms with Crippen molar-refractivity contribution in [3.05, 3.63) is 175 Å². The van der Waals surface area contributed by atoms with Crippen molar-refractivity contribution in [3.8, 4) is 22.3 Å². The zero-order valence-corrected chi connectivity index (χ0v) is 22.7. The summed E-state index contributed by atoms with van der Waals surface area (Å²) in [5.41, 5.74) is -6.81. The van der Waals surface area contributed by atoms with Gasteiger partial charge in [-0.1, -0.05) is 127 Å². The standard InChI is InChI=1S/C42H29BN2/c1-4-13-30(14-5-1)32-23-26-35(27-24-32)45-39-28-25-33(31-15-6-2-7-16-31)29-37(39)43-36-19-10-11-20-38(36)44(34-17-8-3-9-18-34)40-21-12-22-41(45)42(40)43/h1-29H/i1D,2D,3D,4D,5D,6D,7D,8D,9D,10D,11D,13D,14D,15D,16D,17D,18D,19D,20D,23D,24D,25D,26D,27D,28D,29D. The number of nitrogens with zero attached hydrogens (tertiary/aromatic N) is 2. The summed E-state index contributed by atoms with van der Waals surface area (Å²) in [6.45, 7) is -1.73. The molecule has 7 aromatic rings. The SMILES string of the molecule is [2H]c1c([2H])c([2H])c(-c2c([2H])c([2H])c(N3c4cccc5c4B(c4c([2H])c([2H])c([2H])c([2H])c4N5c4c([2H])c([2H])c([2H])c([2H])c4[2H])c4c([2H])c(-c5c([2H])c([2H])c([2H])c([2H])c5[2H])c([2H])c([2H])c43)c([2H])c2[2H])c([2H])c1[2H]. The molecule has 0 amide bonds. The Bertz CT molecular complexity index is 3540. The second kappa shape index (κ2) is 10.4. The van der Waals surface area contributed by atoms with Crippen molar-refractivity contribution in [2.24, 2.45) is 0 Å². The van der Waals surface area contributed by atoms with Crippen LogP contribution in [0.3, 0.4) is 0 Å². The molecule has 0 radical (unpaired) electrons. The Hall–Kier alpha value is -5.80. The van der Waals surface area contributed by atoms with E-state index in [0.29, 0.717) is 0 Å². The molecule has 0 fully saturated rings. The summed E-state index contributed by atoms with van der Waals surface area (Å²) in [6, 6.07) is -18.8. The van der Waals surface area contributed by atoms with E-state index in [0.717, 1.165) is 9.80 Å². The molecular formula is C42H29BN2. The van der Waals surface area contributed by atoms with Crippen molar-refractivity contribution in [2.75, 3.05) is 9.80 Å². The maximum absolute atomic E-state index is 10.0. The maximum Gasteiger partial charge on any atom is 0.252 e. The molecule has 0 spiro atoms. The van der Waals surface area contributed by atoms with Crippen molar-refractivity contribution >= 4 is 57.2 Å². The van der Waals surface area contributed by atoms with Gasteiger partial charge in [0.05, 0.1) is 35.6 Å². The lowest BCUT2D eigenvalue weighted by atomic mass is 9.33. The minimum absolute atomic E-state index is 0.159. The van der Waals surface area contributed by atoms with E-state index in [1.54, 1.807) is 0 Å². The molecule has 3 heteroatoms. The molecule has 0 atom stereocenters. The van der Waals surface area contributed by atoms with Gasteiger partial charge in [0.25, 0.3) is 6.71 Å². The van der Waals surface area contributed by atoms with Gasteiger partial charge in [0, 0.05) is 34.1 Å². The number of fused-ring (bicyclic) bond motifs is 4. The van der Waals surface area contributed by atoms with Crippen LogP contribution in [0, 0.1) is 0 Å². The van der Waals surface area contributed by atoms with Gasteiger partial charge in [0.15, 0.2) is 0 Å². The number of hydrogen-bond donors (Lipinski definition) is 0. The molecule has 0 unspecified atom stereocenters. The summed E-state index contributed by atoms with van der Waals surface area (Å²) in [5.74, 6) is 0. The topological polar surface area (TPSA) is 6.48 Å². The van der Waals surface area contributed by atoms with Gasteiger partial charge in [-0.05, 0) is 87.0 Å². The average molecular weight is 599 g/mol. The lowest BCUT2D eigenvalue weighted by Crippen LogP contribution is -2.61. The van der Waals surface area contributed by atoms with E-state index in [4.69, 9.17) is 23.3 Å². The summed E-state index contributed by atoms with van der Waals surface area (Å²) in [6.07, 6.45) is 0. The molecule has 0 aromatic heterocycles. The molecule has 0 aliphatic carbocycles. The second-order valence-electron chi connectivity index (χ2n) is 9.79. The van der Waals surface area contributed by atoms with E-state index >= 15 is 0 Å². The zero-order valence-electron chi connectivity index (χ0n) is 48.7. The number of benzene rings is 7. The third-order valence-electron chi connectivity index (χ3n) is 7.42. The predicted molar refractivity (Wildman–Crippen MR) is 191 cm³/mol. The minimum Gasteiger partial charge on any atom is -0.311 e.